The predicted octanol–water partition coefficient (Wildman–Crippen LogP) is 6.24. The highest BCUT2D eigenvalue weighted by atomic mass is 31.2. The molecule has 0 fully saturated rings. The highest BCUT2D eigenvalue weighted by Gasteiger charge is 2.24. The zero-order valence-corrected chi connectivity index (χ0v) is 22.4. The molecule has 7 nitrogen and oxygen atoms in total. The number of hydrogen-bond acceptors (Lipinski definition) is 5. The summed E-state index contributed by atoms with van der Waals surface area (Å²) in [4.78, 5) is 21.6. The van der Waals surface area contributed by atoms with Crippen molar-refractivity contribution in [3.05, 3.63) is 0 Å². The van der Waals surface area contributed by atoms with E-state index in [9.17, 15) is 14.3 Å². The van der Waals surface area contributed by atoms with Crippen molar-refractivity contribution in [2.24, 2.45) is 0 Å². The molecule has 0 aromatic rings. The average Bonchev–Trinajstić information content (AvgIpc) is 2.69. The Morgan fingerprint density at radius 2 is 1.31 bits per heavy atom. The summed E-state index contributed by atoms with van der Waals surface area (Å²) in [6.45, 7) is 4.43. The standard InChI is InChI=1S/C24H50NO6P/c1-6-7-8-9-10-11-12-13-14-15-16-17-18-19-24(26)31-23(2)22-30-32(27,28)29-21-20-25(3,4)5/h23H,6-22H2,1-5H3/p+1/t23-/m0/s1. The first-order chi connectivity index (χ1) is 15.1. The predicted molar refractivity (Wildman–Crippen MR) is 130 cm³/mol. The summed E-state index contributed by atoms with van der Waals surface area (Å²) in [6, 6.07) is 0. The lowest BCUT2D eigenvalue weighted by atomic mass is 10.0. The van der Waals surface area contributed by atoms with Crippen LogP contribution in [0.4, 0.5) is 0 Å². The number of carbonyl (C=O) groups is 1. The first kappa shape index (κ1) is 31.5. The van der Waals surface area contributed by atoms with Gasteiger partial charge in [-0.3, -0.25) is 13.8 Å². The van der Waals surface area contributed by atoms with Crippen LogP contribution in [-0.4, -0.2) is 62.4 Å². The zero-order chi connectivity index (χ0) is 24.3. The van der Waals surface area contributed by atoms with Crippen LogP contribution in [-0.2, 0) is 23.1 Å². The van der Waals surface area contributed by atoms with Crippen LogP contribution in [0.15, 0.2) is 0 Å². The second-order valence-electron chi connectivity index (χ2n) is 9.90. The second kappa shape index (κ2) is 18.9. The van der Waals surface area contributed by atoms with Crippen LogP contribution in [0.25, 0.3) is 0 Å². The lowest BCUT2D eigenvalue weighted by Crippen LogP contribution is -2.37. The number of carbonyl (C=O) groups excluding carboxylic acids is 1. The molecule has 192 valence electrons. The molecule has 0 aromatic carbocycles. The molecule has 0 amide bonds. The van der Waals surface area contributed by atoms with Crippen molar-refractivity contribution >= 4 is 13.8 Å². The molecule has 0 saturated heterocycles. The molecule has 0 aromatic heterocycles. The Morgan fingerprint density at radius 1 is 0.844 bits per heavy atom. The van der Waals surface area contributed by atoms with Crippen LogP contribution in [0, 0.1) is 0 Å². The molecule has 2 atom stereocenters. The van der Waals surface area contributed by atoms with Crippen molar-refractivity contribution in [3.8, 4) is 0 Å². The Balaban J connectivity index is 3.60. The maximum absolute atomic E-state index is 11.9. The smallest absolute Gasteiger partial charge is 0.460 e. The normalized spacial score (nSPS) is 14.8. The van der Waals surface area contributed by atoms with Gasteiger partial charge in [0.25, 0.3) is 0 Å². The number of ether oxygens (including phenoxy) is 1. The van der Waals surface area contributed by atoms with E-state index in [4.69, 9.17) is 13.8 Å². The Bertz CT molecular complexity index is 509. The molecule has 0 heterocycles. The summed E-state index contributed by atoms with van der Waals surface area (Å²) in [7, 11) is 1.76. The highest BCUT2D eigenvalue weighted by molar-refractivity contribution is 7.47. The summed E-state index contributed by atoms with van der Waals surface area (Å²) < 4.78 is 27.6. The zero-order valence-electron chi connectivity index (χ0n) is 21.5. The molecule has 0 rings (SSSR count). The molecule has 0 saturated carbocycles. The number of esters is 1. The fourth-order valence-electron chi connectivity index (χ4n) is 3.27. The van der Waals surface area contributed by atoms with E-state index in [1.807, 2.05) is 21.1 Å². The molecule has 0 radical (unpaired) electrons. The van der Waals surface area contributed by atoms with Crippen molar-refractivity contribution in [1.82, 2.24) is 0 Å². The van der Waals surface area contributed by atoms with E-state index in [2.05, 4.69) is 6.92 Å². The summed E-state index contributed by atoms with van der Waals surface area (Å²) >= 11 is 0. The number of rotatable bonds is 22. The number of nitrogens with zero attached hydrogens (tertiary/aromatic N) is 1. The first-order valence-electron chi connectivity index (χ1n) is 12.7. The number of likely N-dealkylation sites (N-methyl/N-ethyl adjacent to an activating group) is 1. The Labute approximate surface area is 197 Å². The van der Waals surface area contributed by atoms with E-state index in [-0.39, 0.29) is 19.2 Å². The summed E-state index contributed by atoms with van der Waals surface area (Å²) in [5, 5.41) is 0. The minimum atomic E-state index is -4.13. The third-order valence-corrected chi connectivity index (χ3v) is 6.29. The molecule has 1 unspecified atom stereocenters. The quantitative estimate of drug-likeness (QED) is 0.0855. The van der Waals surface area contributed by atoms with Gasteiger partial charge in [-0.15, -0.1) is 0 Å². The van der Waals surface area contributed by atoms with Crippen molar-refractivity contribution in [2.45, 2.75) is 110 Å². The van der Waals surface area contributed by atoms with Gasteiger partial charge in [-0.1, -0.05) is 84.0 Å². The molecule has 32 heavy (non-hydrogen) atoms. The maximum Gasteiger partial charge on any atom is 0.472 e. The molecule has 0 aliphatic rings. The van der Waals surface area contributed by atoms with Crippen molar-refractivity contribution in [1.29, 1.82) is 0 Å². The largest absolute Gasteiger partial charge is 0.472 e. The molecule has 0 spiro atoms. The topological polar surface area (TPSA) is 82.1 Å². The van der Waals surface area contributed by atoms with Gasteiger partial charge in [0.05, 0.1) is 27.7 Å². The van der Waals surface area contributed by atoms with E-state index in [0.29, 0.717) is 17.4 Å². The average molecular weight is 481 g/mol. The lowest BCUT2D eigenvalue weighted by Gasteiger charge is -2.24. The summed E-state index contributed by atoms with van der Waals surface area (Å²) in [6.07, 6.45) is 16.2. The number of phosphoric acid groups is 1. The van der Waals surface area contributed by atoms with Gasteiger partial charge in [-0.05, 0) is 13.3 Å². The number of hydrogen-bond donors (Lipinski definition) is 1. The highest BCUT2D eigenvalue weighted by Crippen LogP contribution is 2.43. The molecule has 8 heteroatoms. The van der Waals surface area contributed by atoms with E-state index < -0.39 is 13.9 Å². The van der Waals surface area contributed by atoms with Gasteiger partial charge in [0.2, 0.25) is 0 Å². The van der Waals surface area contributed by atoms with Gasteiger partial charge in [0, 0.05) is 6.42 Å². The van der Waals surface area contributed by atoms with Crippen LogP contribution < -0.4 is 0 Å². The molecule has 0 bridgehead atoms. The SMILES string of the molecule is CCCCCCCCCCCCCCCC(=O)O[C@@H](C)COP(=O)(O)OCC[N+](C)(C)C. The maximum atomic E-state index is 11.9. The summed E-state index contributed by atoms with van der Waals surface area (Å²) in [5.41, 5.74) is 0. The second-order valence-corrected chi connectivity index (χ2v) is 11.4. The van der Waals surface area contributed by atoms with Gasteiger partial charge in [0.1, 0.15) is 19.3 Å². The van der Waals surface area contributed by atoms with Crippen LogP contribution in [0.3, 0.4) is 0 Å². The van der Waals surface area contributed by atoms with Crippen LogP contribution >= 0.6 is 7.82 Å². The van der Waals surface area contributed by atoms with Crippen LogP contribution in [0.1, 0.15) is 104 Å². The van der Waals surface area contributed by atoms with Crippen molar-refractivity contribution < 1.29 is 32.5 Å². The minimum absolute atomic E-state index is 0.116. The fourth-order valence-corrected chi connectivity index (χ4v) is 4.06. The molecule has 1 N–H and O–H groups in total. The molecular weight excluding hydrogens is 429 g/mol. The molecule has 0 aliphatic carbocycles. The molecular formula is C24H51NO6P+. The Morgan fingerprint density at radius 3 is 1.78 bits per heavy atom. The Kier molecular flexibility index (Phi) is 18.6. The summed E-state index contributed by atoms with van der Waals surface area (Å²) in [5.74, 6) is -0.289. The number of quaternary nitrogens is 1. The number of phosphoric ester groups is 1. The van der Waals surface area contributed by atoms with E-state index in [0.717, 1.165) is 19.3 Å². The fraction of sp³-hybridized carbons (Fsp3) is 0.958. The van der Waals surface area contributed by atoms with E-state index in [1.54, 1.807) is 6.92 Å². The number of unbranched alkanes of at least 4 members (excludes halogenated alkanes) is 12. The van der Waals surface area contributed by atoms with Gasteiger partial charge in [-0.25, -0.2) is 4.57 Å². The monoisotopic (exact) mass is 480 g/mol. The first-order valence-corrected chi connectivity index (χ1v) is 14.2. The van der Waals surface area contributed by atoms with Gasteiger partial charge < -0.3 is 14.1 Å². The van der Waals surface area contributed by atoms with Crippen molar-refractivity contribution in [3.63, 3.8) is 0 Å². The van der Waals surface area contributed by atoms with Gasteiger partial charge >= 0.3 is 13.8 Å². The Hall–Kier alpha value is -0.460. The third kappa shape index (κ3) is 22.7. The van der Waals surface area contributed by atoms with Gasteiger partial charge in [0.15, 0.2) is 0 Å². The van der Waals surface area contributed by atoms with E-state index in [1.165, 1.54) is 64.2 Å². The minimum Gasteiger partial charge on any atom is -0.460 e. The van der Waals surface area contributed by atoms with Crippen LogP contribution in [0.2, 0.25) is 0 Å². The van der Waals surface area contributed by atoms with Crippen molar-refractivity contribution in [2.75, 3.05) is 40.9 Å². The van der Waals surface area contributed by atoms with E-state index >= 15 is 0 Å². The third-order valence-electron chi connectivity index (χ3n) is 5.31. The van der Waals surface area contributed by atoms with Gasteiger partial charge in [-0.2, -0.15) is 0 Å². The van der Waals surface area contributed by atoms with Crippen LogP contribution in [0.5, 0.6) is 0 Å². The lowest BCUT2D eigenvalue weighted by molar-refractivity contribution is -0.870. The molecule has 0 aliphatic heterocycles.